The van der Waals surface area contributed by atoms with Crippen LogP contribution in [0.3, 0.4) is 0 Å². The average Bonchev–Trinajstić information content (AvgIpc) is 3.03. The van der Waals surface area contributed by atoms with Crippen molar-refractivity contribution in [2.75, 3.05) is 19.6 Å². The Morgan fingerprint density at radius 2 is 1.96 bits per heavy atom. The monoisotopic (exact) mass is 401 g/mol. The molecule has 0 spiro atoms. The molecule has 0 bridgehead atoms. The largest absolute Gasteiger partial charge is 0.508 e. The van der Waals surface area contributed by atoms with E-state index in [1.54, 1.807) is 6.07 Å². The molecule has 4 heteroatoms. The van der Waals surface area contributed by atoms with Gasteiger partial charge in [-0.15, -0.1) is 17.0 Å². The second kappa shape index (κ2) is 8.07. The lowest BCUT2D eigenvalue weighted by Gasteiger charge is -2.32. The maximum absolute atomic E-state index is 9.70. The first kappa shape index (κ1) is 18.0. The molecule has 0 aliphatic carbocycles. The quantitative estimate of drug-likeness (QED) is 0.657. The first-order chi connectivity index (χ1) is 11.8. The van der Waals surface area contributed by atoms with Crippen LogP contribution in [0, 0.1) is 0 Å². The maximum atomic E-state index is 9.70. The Hall–Kier alpha value is -1.78. The molecule has 1 aliphatic heterocycles. The zero-order valence-electron chi connectivity index (χ0n) is 14.2. The lowest BCUT2D eigenvalue weighted by Crippen LogP contribution is -2.35. The van der Waals surface area contributed by atoms with Gasteiger partial charge in [-0.2, -0.15) is 0 Å². The molecule has 1 aromatic heterocycles. The van der Waals surface area contributed by atoms with Crippen LogP contribution in [0.25, 0.3) is 11.0 Å². The summed E-state index contributed by atoms with van der Waals surface area (Å²) in [6, 6.07) is 18.1. The van der Waals surface area contributed by atoms with Crippen LogP contribution in [0.5, 0.6) is 5.75 Å². The molecule has 0 saturated carbocycles. The number of halogens is 1. The molecular weight excluding hydrogens is 378 g/mol. The van der Waals surface area contributed by atoms with Gasteiger partial charge < -0.3 is 14.4 Å². The molecule has 1 aliphatic rings. The van der Waals surface area contributed by atoms with Crippen molar-refractivity contribution in [3.63, 3.8) is 0 Å². The van der Waals surface area contributed by atoms with Crippen molar-refractivity contribution in [2.45, 2.75) is 25.2 Å². The minimum absolute atomic E-state index is 0. The molecule has 1 unspecified atom stereocenters. The van der Waals surface area contributed by atoms with Gasteiger partial charge in [0, 0.05) is 24.9 Å². The van der Waals surface area contributed by atoms with Crippen LogP contribution in [0.15, 0.2) is 59.0 Å². The van der Waals surface area contributed by atoms with Crippen molar-refractivity contribution in [1.82, 2.24) is 4.90 Å². The molecule has 25 heavy (non-hydrogen) atoms. The van der Waals surface area contributed by atoms with Crippen molar-refractivity contribution in [3.05, 3.63) is 65.9 Å². The predicted octanol–water partition coefficient (Wildman–Crippen LogP) is 5.14. The van der Waals surface area contributed by atoms with Crippen molar-refractivity contribution in [3.8, 4) is 5.75 Å². The molecule has 132 valence electrons. The van der Waals surface area contributed by atoms with E-state index in [1.165, 1.54) is 23.8 Å². The van der Waals surface area contributed by atoms with Gasteiger partial charge in [-0.3, -0.25) is 0 Å². The maximum Gasteiger partial charge on any atom is 0.134 e. The Labute approximate surface area is 159 Å². The van der Waals surface area contributed by atoms with E-state index in [-0.39, 0.29) is 17.0 Å². The molecule has 2 heterocycles. The van der Waals surface area contributed by atoms with Crippen LogP contribution < -0.4 is 0 Å². The summed E-state index contributed by atoms with van der Waals surface area (Å²) in [4.78, 5) is 2.52. The zero-order chi connectivity index (χ0) is 16.4. The molecule has 1 saturated heterocycles. The number of nitrogens with zero attached hydrogens (tertiary/aromatic N) is 1. The topological polar surface area (TPSA) is 36.6 Å². The normalized spacial score (nSPS) is 18.2. The lowest BCUT2D eigenvalue weighted by molar-refractivity contribution is 0.207. The number of phenolic OH excluding ortho intramolecular Hbond substituents is 1. The van der Waals surface area contributed by atoms with Crippen molar-refractivity contribution >= 4 is 28.0 Å². The van der Waals surface area contributed by atoms with Crippen LogP contribution in [0.4, 0.5) is 0 Å². The summed E-state index contributed by atoms with van der Waals surface area (Å²) in [5.74, 6) is 1.95. The summed E-state index contributed by atoms with van der Waals surface area (Å²) in [5.41, 5.74) is 2.23. The zero-order valence-corrected chi connectivity index (χ0v) is 15.9. The molecule has 4 rings (SSSR count). The second-order valence-corrected chi connectivity index (χ2v) is 6.74. The average molecular weight is 402 g/mol. The fourth-order valence-corrected chi connectivity index (χ4v) is 3.74. The number of rotatable bonds is 4. The number of para-hydroxylation sites is 1. The summed E-state index contributed by atoms with van der Waals surface area (Å²) in [7, 11) is 0. The van der Waals surface area contributed by atoms with Gasteiger partial charge in [-0.25, -0.2) is 0 Å². The van der Waals surface area contributed by atoms with Crippen molar-refractivity contribution < 1.29 is 9.52 Å². The number of benzene rings is 2. The molecule has 1 fully saturated rings. The van der Waals surface area contributed by atoms with E-state index in [4.69, 9.17) is 4.42 Å². The first-order valence-electron chi connectivity index (χ1n) is 8.77. The Morgan fingerprint density at radius 1 is 1.08 bits per heavy atom. The predicted molar refractivity (Wildman–Crippen MR) is 107 cm³/mol. The van der Waals surface area contributed by atoms with Crippen LogP contribution in [-0.4, -0.2) is 29.6 Å². The van der Waals surface area contributed by atoms with Crippen molar-refractivity contribution in [1.29, 1.82) is 0 Å². The summed E-state index contributed by atoms with van der Waals surface area (Å²) in [5, 5.41) is 10.9. The molecule has 0 radical (unpaired) electrons. The third-order valence-electron chi connectivity index (χ3n) is 5.00. The van der Waals surface area contributed by atoms with Crippen LogP contribution >= 0.6 is 17.0 Å². The molecule has 2 aromatic carbocycles. The number of piperidine rings is 1. The van der Waals surface area contributed by atoms with E-state index in [1.807, 2.05) is 30.3 Å². The fourth-order valence-electron chi connectivity index (χ4n) is 3.74. The molecular formula is C21H24BrNO2. The van der Waals surface area contributed by atoms with Gasteiger partial charge in [-0.05, 0) is 55.1 Å². The molecule has 1 N–H and O–H groups in total. The summed E-state index contributed by atoms with van der Waals surface area (Å²) in [6.45, 7) is 3.23. The SMILES string of the molecule is Br.Oc1cccc(C2CCCN(CCc3cc4ccccc4o3)C2)c1. The van der Waals surface area contributed by atoms with Crippen LogP contribution in [0.2, 0.25) is 0 Å². The number of furan rings is 1. The number of likely N-dealkylation sites (tertiary alicyclic amines) is 1. The number of fused-ring (bicyclic) bond motifs is 1. The van der Waals surface area contributed by atoms with E-state index < -0.39 is 0 Å². The van der Waals surface area contributed by atoms with E-state index in [9.17, 15) is 5.11 Å². The summed E-state index contributed by atoms with van der Waals surface area (Å²) in [6.07, 6.45) is 3.35. The Balaban J connectivity index is 0.00000182. The van der Waals surface area contributed by atoms with Gasteiger partial charge in [0.2, 0.25) is 0 Å². The minimum Gasteiger partial charge on any atom is -0.508 e. The highest BCUT2D eigenvalue weighted by atomic mass is 79.9. The van der Waals surface area contributed by atoms with Crippen LogP contribution in [0.1, 0.15) is 30.1 Å². The second-order valence-electron chi connectivity index (χ2n) is 6.74. The smallest absolute Gasteiger partial charge is 0.134 e. The Morgan fingerprint density at radius 3 is 2.80 bits per heavy atom. The van der Waals surface area contributed by atoms with E-state index in [2.05, 4.69) is 23.1 Å². The lowest BCUT2D eigenvalue weighted by atomic mass is 9.90. The van der Waals surface area contributed by atoms with Gasteiger partial charge in [0.25, 0.3) is 0 Å². The van der Waals surface area contributed by atoms with Crippen molar-refractivity contribution in [2.24, 2.45) is 0 Å². The number of aromatic hydroxyl groups is 1. The summed E-state index contributed by atoms with van der Waals surface area (Å²) >= 11 is 0. The third kappa shape index (κ3) is 4.25. The highest BCUT2D eigenvalue weighted by molar-refractivity contribution is 8.93. The van der Waals surface area contributed by atoms with Crippen LogP contribution in [-0.2, 0) is 6.42 Å². The third-order valence-corrected chi connectivity index (χ3v) is 5.00. The number of phenols is 1. The summed E-state index contributed by atoms with van der Waals surface area (Å²) < 4.78 is 5.93. The first-order valence-corrected chi connectivity index (χ1v) is 8.77. The van der Waals surface area contributed by atoms with Gasteiger partial charge in [-0.1, -0.05) is 30.3 Å². The molecule has 0 amide bonds. The minimum atomic E-state index is 0. The number of hydrogen-bond acceptors (Lipinski definition) is 3. The van der Waals surface area contributed by atoms with Gasteiger partial charge in [0.1, 0.15) is 17.1 Å². The Kier molecular flexibility index (Phi) is 5.82. The molecule has 3 aromatic rings. The van der Waals surface area contributed by atoms with E-state index in [0.29, 0.717) is 11.7 Å². The fraction of sp³-hybridized carbons (Fsp3) is 0.333. The van der Waals surface area contributed by atoms with Gasteiger partial charge in [0.15, 0.2) is 0 Å². The van der Waals surface area contributed by atoms with E-state index >= 15 is 0 Å². The van der Waals surface area contributed by atoms with E-state index in [0.717, 1.165) is 37.4 Å². The van der Waals surface area contributed by atoms with Gasteiger partial charge >= 0.3 is 0 Å². The standard InChI is InChI=1S/C21H23NO2.BrH/c23-19-8-3-6-16(13-19)18-7-4-11-22(15-18)12-10-20-14-17-5-1-2-9-21(17)24-20;/h1-3,5-6,8-9,13-14,18,23H,4,7,10-12,15H2;1H. The highest BCUT2D eigenvalue weighted by Gasteiger charge is 2.21. The molecule has 3 nitrogen and oxygen atoms in total. The number of hydrogen-bond donors (Lipinski definition) is 1. The van der Waals surface area contributed by atoms with Gasteiger partial charge in [0.05, 0.1) is 0 Å². The molecule has 1 atom stereocenters. The highest BCUT2D eigenvalue weighted by Crippen LogP contribution is 2.29. The Bertz CT molecular complexity index is 796.